The normalized spacial score (nSPS) is 10.9. The molecule has 0 bridgehead atoms. The molecule has 90 valence electrons. The van der Waals surface area contributed by atoms with Crippen LogP contribution in [0, 0.1) is 0 Å². The smallest absolute Gasteiger partial charge is 0.163 e. The number of aromatic nitrogens is 4. The summed E-state index contributed by atoms with van der Waals surface area (Å²) < 4.78 is 2.90. The van der Waals surface area contributed by atoms with Gasteiger partial charge in [0.05, 0.1) is 18.6 Å². The van der Waals surface area contributed by atoms with Gasteiger partial charge in [-0.15, -0.1) is 0 Å². The first kappa shape index (κ1) is 11.6. The lowest BCUT2D eigenvalue weighted by Gasteiger charge is -2.03. The average Bonchev–Trinajstić information content (AvgIpc) is 2.83. The van der Waals surface area contributed by atoms with Crippen molar-refractivity contribution < 1.29 is 0 Å². The summed E-state index contributed by atoms with van der Waals surface area (Å²) in [5.41, 5.74) is 4.04. The molecule has 0 N–H and O–H groups in total. The highest BCUT2D eigenvalue weighted by Crippen LogP contribution is 2.16. The van der Waals surface area contributed by atoms with E-state index in [4.69, 9.17) is 0 Å². The maximum absolute atomic E-state index is 4.42. The van der Waals surface area contributed by atoms with Gasteiger partial charge in [0.15, 0.2) is 5.65 Å². The Kier molecular flexibility index (Phi) is 3.22. The first-order chi connectivity index (χ1) is 8.88. The zero-order valence-corrected chi connectivity index (χ0v) is 11.8. The van der Waals surface area contributed by atoms with Crippen molar-refractivity contribution in [3.8, 4) is 0 Å². The predicted molar refractivity (Wildman–Crippen MR) is 78.6 cm³/mol. The van der Waals surface area contributed by atoms with Gasteiger partial charge in [-0.3, -0.25) is 0 Å². The number of halogens is 1. The Labute approximate surface area is 118 Å². The third-order valence-corrected chi connectivity index (χ3v) is 3.52. The number of alkyl halides is 1. The van der Waals surface area contributed by atoms with E-state index in [9.17, 15) is 0 Å². The van der Waals surface area contributed by atoms with Crippen LogP contribution in [0.2, 0.25) is 0 Å². The molecule has 1 aromatic carbocycles. The molecule has 0 saturated heterocycles. The van der Waals surface area contributed by atoms with Crippen LogP contribution < -0.4 is 0 Å². The quantitative estimate of drug-likeness (QED) is 0.539. The summed E-state index contributed by atoms with van der Waals surface area (Å²) in [4.78, 5) is 13.0. The molecule has 3 rings (SSSR count). The molecule has 0 spiro atoms. The lowest BCUT2D eigenvalue weighted by molar-refractivity contribution is 0.813. The number of hydrogen-bond donors (Lipinski definition) is 0. The van der Waals surface area contributed by atoms with Crippen LogP contribution in [0.3, 0.4) is 0 Å². The highest BCUT2D eigenvalue weighted by Gasteiger charge is 2.08. The van der Waals surface area contributed by atoms with Gasteiger partial charge in [-0.25, -0.2) is 15.0 Å². The molecule has 4 nitrogen and oxygen atoms in total. The van der Waals surface area contributed by atoms with E-state index in [1.165, 1.54) is 5.56 Å². The van der Waals surface area contributed by atoms with E-state index < -0.39 is 0 Å². The number of imidazole rings is 1. The van der Waals surface area contributed by atoms with E-state index in [2.05, 4.69) is 54.2 Å². The van der Waals surface area contributed by atoms with Crippen LogP contribution in [0.15, 0.2) is 43.0 Å². The molecule has 2 heterocycles. The fourth-order valence-electron chi connectivity index (χ4n) is 1.92. The van der Waals surface area contributed by atoms with Crippen molar-refractivity contribution in [1.29, 1.82) is 0 Å². The van der Waals surface area contributed by atoms with E-state index in [0.717, 1.165) is 27.8 Å². The van der Waals surface area contributed by atoms with Gasteiger partial charge in [0, 0.05) is 4.43 Å². The van der Waals surface area contributed by atoms with Crippen LogP contribution in [0.5, 0.6) is 0 Å². The lowest BCUT2D eigenvalue weighted by atomic mass is 10.2. The van der Waals surface area contributed by atoms with Gasteiger partial charge >= 0.3 is 0 Å². The van der Waals surface area contributed by atoms with E-state index in [0.29, 0.717) is 0 Å². The summed E-state index contributed by atoms with van der Waals surface area (Å²) in [5.74, 6) is 0. The molecule has 0 aliphatic rings. The molecule has 0 aliphatic heterocycles. The second-order valence-corrected chi connectivity index (χ2v) is 4.75. The minimum atomic E-state index is 0.787. The lowest BCUT2D eigenvalue weighted by Crippen LogP contribution is -1.99. The van der Waals surface area contributed by atoms with Crippen molar-refractivity contribution in [2.24, 2.45) is 0 Å². The van der Waals surface area contributed by atoms with Gasteiger partial charge in [0.2, 0.25) is 0 Å². The average molecular weight is 350 g/mol. The molecule has 0 amide bonds. The fraction of sp³-hybridized carbons (Fsp3) is 0.154. The fourth-order valence-corrected chi connectivity index (χ4v) is 2.48. The van der Waals surface area contributed by atoms with Crippen LogP contribution in [-0.4, -0.2) is 19.5 Å². The second kappa shape index (κ2) is 5.01. The van der Waals surface area contributed by atoms with Crippen molar-refractivity contribution >= 4 is 33.8 Å². The molecule has 0 saturated carbocycles. The molecule has 3 aromatic rings. The number of hydrogen-bond acceptors (Lipinski definition) is 3. The minimum Gasteiger partial charge on any atom is -0.311 e. The number of fused-ring (bicyclic) bond motifs is 1. The highest BCUT2D eigenvalue weighted by atomic mass is 127. The Balaban J connectivity index is 2.03. The third-order valence-electron chi connectivity index (χ3n) is 2.80. The van der Waals surface area contributed by atoms with Gasteiger partial charge in [0.25, 0.3) is 0 Å². The summed E-state index contributed by atoms with van der Waals surface area (Å²) in [6.07, 6.45) is 3.45. The van der Waals surface area contributed by atoms with Gasteiger partial charge in [-0.2, -0.15) is 0 Å². The van der Waals surface area contributed by atoms with Gasteiger partial charge in [-0.1, -0.05) is 52.9 Å². The number of benzene rings is 1. The van der Waals surface area contributed by atoms with E-state index >= 15 is 0 Å². The molecular weight excluding hydrogens is 339 g/mol. The summed E-state index contributed by atoms with van der Waals surface area (Å²) in [7, 11) is 0. The zero-order chi connectivity index (χ0) is 12.4. The molecule has 0 unspecified atom stereocenters. The van der Waals surface area contributed by atoms with Crippen molar-refractivity contribution in [3.63, 3.8) is 0 Å². The summed E-state index contributed by atoms with van der Waals surface area (Å²) in [5, 5.41) is 0. The molecule has 0 aliphatic carbocycles. The van der Waals surface area contributed by atoms with Crippen molar-refractivity contribution in [3.05, 3.63) is 54.2 Å². The maximum atomic E-state index is 4.42. The van der Waals surface area contributed by atoms with Crippen LogP contribution in [0.4, 0.5) is 0 Å². The number of rotatable bonds is 3. The van der Waals surface area contributed by atoms with E-state index in [-0.39, 0.29) is 0 Å². The minimum absolute atomic E-state index is 0.787. The van der Waals surface area contributed by atoms with Crippen LogP contribution in [0.1, 0.15) is 11.3 Å². The van der Waals surface area contributed by atoms with Crippen LogP contribution in [-0.2, 0) is 11.0 Å². The summed E-state index contributed by atoms with van der Waals surface area (Å²) in [6, 6.07) is 10.3. The Morgan fingerprint density at radius 2 is 1.89 bits per heavy atom. The molecule has 0 fully saturated rings. The topological polar surface area (TPSA) is 43.6 Å². The van der Waals surface area contributed by atoms with Gasteiger partial charge < -0.3 is 4.57 Å². The molecule has 0 radical (unpaired) electrons. The molecule has 18 heavy (non-hydrogen) atoms. The SMILES string of the molecule is ICc1ncnc2c1ncn2Cc1ccccc1. The van der Waals surface area contributed by atoms with Crippen LogP contribution >= 0.6 is 22.6 Å². The molecule has 0 atom stereocenters. The van der Waals surface area contributed by atoms with Crippen LogP contribution in [0.25, 0.3) is 11.2 Å². The zero-order valence-electron chi connectivity index (χ0n) is 9.62. The Morgan fingerprint density at radius 1 is 1.06 bits per heavy atom. The molecular formula is C13H11IN4. The predicted octanol–water partition coefficient (Wildman–Crippen LogP) is 2.81. The standard InChI is InChI=1S/C13H11IN4/c14-6-11-12-13(16-8-15-11)18(9-17-12)7-10-4-2-1-3-5-10/h1-5,8-9H,6-7H2. The van der Waals surface area contributed by atoms with Gasteiger partial charge in [-0.05, 0) is 5.56 Å². The first-order valence-electron chi connectivity index (χ1n) is 5.63. The molecule has 2 aromatic heterocycles. The second-order valence-electron chi connectivity index (χ2n) is 3.98. The van der Waals surface area contributed by atoms with Crippen molar-refractivity contribution in [2.45, 2.75) is 11.0 Å². The van der Waals surface area contributed by atoms with E-state index in [1.54, 1.807) is 6.33 Å². The number of nitrogens with zero attached hydrogens (tertiary/aromatic N) is 4. The van der Waals surface area contributed by atoms with Gasteiger partial charge in [0.1, 0.15) is 11.8 Å². The maximum Gasteiger partial charge on any atom is 0.163 e. The van der Waals surface area contributed by atoms with Crippen molar-refractivity contribution in [1.82, 2.24) is 19.5 Å². The molecule has 5 heteroatoms. The third kappa shape index (κ3) is 2.10. The first-order valence-corrected chi connectivity index (χ1v) is 7.15. The Hall–Kier alpha value is -1.50. The highest BCUT2D eigenvalue weighted by molar-refractivity contribution is 14.1. The Morgan fingerprint density at radius 3 is 2.67 bits per heavy atom. The summed E-state index contributed by atoms with van der Waals surface area (Å²) in [6.45, 7) is 0.787. The van der Waals surface area contributed by atoms with Crippen molar-refractivity contribution in [2.75, 3.05) is 0 Å². The monoisotopic (exact) mass is 350 g/mol. The Bertz CT molecular complexity index is 663. The summed E-state index contributed by atoms with van der Waals surface area (Å²) >= 11 is 2.29. The largest absolute Gasteiger partial charge is 0.311 e. The van der Waals surface area contributed by atoms with E-state index in [1.807, 2.05) is 24.5 Å².